The normalized spacial score (nSPS) is 15.3. The first-order chi connectivity index (χ1) is 12.2. The number of benzene rings is 1. The van der Waals surface area contributed by atoms with Gasteiger partial charge in [0.15, 0.2) is 0 Å². The standard InChI is InChI=1S/C18H24N4O3/c1-24-17-4-2-15(3-5-17)13-21-18(23)16(12-19)14-20-6-7-22-8-10-25-11-9-22/h2-5,14,20H,6-11,13H2,1H3,(H,21,23)/b16-14-. The van der Waals surface area contributed by atoms with E-state index in [1.807, 2.05) is 30.3 Å². The van der Waals surface area contributed by atoms with Gasteiger partial charge in [-0.2, -0.15) is 5.26 Å². The second kappa shape index (κ2) is 10.3. The smallest absolute Gasteiger partial charge is 0.263 e. The van der Waals surface area contributed by atoms with Crippen LogP contribution in [0, 0.1) is 11.3 Å². The lowest BCUT2D eigenvalue weighted by atomic mass is 10.2. The number of rotatable bonds is 8. The molecule has 2 rings (SSSR count). The summed E-state index contributed by atoms with van der Waals surface area (Å²) >= 11 is 0. The highest BCUT2D eigenvalue weighted by atomic mass is 16.5. The summed E-state index contributed by atoms with van der Waals surface area (Å²) in [5.74, 6) is 0.370. The zero-order valence-corrected chi connectivity index (χ0v) is 14.5. The monoisotopic (exact) mass is 344 g/mol. The van der Waals surface area contributed by atoms with E-state index in [1.165, 1.54) is 6.20 Å². The number of nitrogens with one attached hydrogen (secondary N) is 2. The summed E-state index contributed by atoms with van der Waals surface area (Å²) in [7, 11) is 1.60. The van der Waals surface area contributed by atoms with Gasteiger partial charge in [-0.3, -0.25) is 9.69 Å². The minimum absolute atomic E-state index is 0.0653. The van der Waals surface area contributed by atoms with Gasteiger partial charge in [-0.1, -0.05) is 12.1 Å². The molecule has 0 spiro atoms. The summed E-state index contributed by atoms with van der Waals surface area (Å²) < 4.78 is 10.4. The molecule has 0 radical (unpaired) electrons. The van der Waals surface area contributed by atoms with Crippen LogP contribution in [0.1, 0.15) is 5.56 Å². The Bertz CT molecular complexity index is 616. The molecule has 0 aliphatic carbocycles. The van der Waals surface area contributed by atoms with E-state index >= 15 is 0 Å². The third-order valence-corrected chi connectivity index (χ3v) is 3.90. The van der Waals surface area contributed by atoms with Crippen LogP contribution in [0.15, 0.2) is 36.0 Å². The third-order valence-electron chi connectivity index (χ3n) is 3.90. The molecule has 0 atom stereocenters. The molecule has 1 heterocycles. The number of methoxy groups -OCH3 is 1. The Labute approximate surface area is 148 Å². The van der Waals surface area contributed by atoms with E-state index in [4.69, 9.17) is 14.7 Å². The number of hydrogen-bond donors (Lipinski definition) is 2. The number of ether oxygens (including phenoxy) is 2. The number of nitrogens with zero attached hydrogens (tertiary/aromatic N) is 2. The van der Waals surface area contributed by atoms with E-state index in [-0.39, 0.29) is 5.57 Å². The molecule has 1 amide bonds. The fourth-order valence-corrected chi connectivity index (χ4v) is 2.39. The van der Waals surface area contributed by atoms with Crippen LogP contribution < -0.4 is 15.4 Å². The Hall–Kier alpha value is -2.56. The zero-order chi connectivity index (χ0) is 17.9. The fraction of sp³-hybridized carbons (Fsp3) is 0.444. The van der Waals surface area contributed by atoms with Crippen molar-refractivity contribution >= 4 is 5.91 Å². The summed E-state index contributed by atoms with van der Waals surface area (Å²) in [6.07, 6.45) is 1.48. The maximum absolute atomic E-state index is 12.1. The lowest BCUT2D eigenvalue weighted by molar-refractivity contribution is -0.117. The van der Waals surface area contributed by atoms with Crippen molar-refractivity contribution in [3.8, 4) is 11.8 Å². The van der Waals surface area contributed by atoms with Gasteiger partial charge in [0.25, 0.3) is 5.91 Å². The third kappa shape index (κ3) is 6.45. The van der Waals surface area contributed by atoms with Gasteiger partial charge >= 0.3 is 0 Å². The van der Waals surface area contributed by atoms with Gasteiger partial charge in [0.2, 0.25) is 0 Å². The number of carbonyl (C=O) groups excluding carboxylic acids is 1. The summed E-state index contributed by atoms with van der Waals surface area (Å²) in [6.45, 7) is 5.23. The van der Waals surface area contributed by atoms with E-state index in [0.29, 0.717) is 13.1 Å². The molecule has 1 fully saturated rings. The molecule has 1 aliphatic rings. The van der Waals surface area contributed by atoms with Crippen LogP contribution in [-0.2, 0) is 16.1 Å². The largest absolute Gasteiger partial charge is 0.497 e. The Kier molecular flexibility index (Phi) is 7.76. The van der Waals surface area contributed by atoms with Crippen molar-refractivity contribution in [2.24, 2.45) is 0 Å². The number of amides is 1. The van der Waals surface area contributed by atoms with Crippen LogP contribution in [0.3, 0.4) is 0 Å². The second-order valence-corrected chi connectivity index (χ2v) is 5.61. The van der Waals surface area contributed by atoms with Gasteiger partial charge in [-0.15, -0.1) is 0 Å². The van der Waals surface area contributed by atoms with E-state index in [0.717, 1.165) is 44.2 Å². The molecule has 0 unspecified atom stereocenters. The summed E-state index contributed by atoms with van der Waals surface area (Å²) in [6, 6.07) is 9.33. The van der Waals surface area contributed by atoms with Gasteiger partial charge in [-0.05, 0) is 17.7 Å². The molecule has 0 aromatic heterocycles. The Morgan fingerprint density at radius 1 is 1.36 bits per heavy atom. The SMILES string of the molecule is COc1ccc(CNC(=O)/C(C#N)=C\NCCN2CCOCC2)cc1. The molecule has 7 heteroatoms. The minimum Gasteiger partial charge on any atom is -0.497 e. The van der Waals surface area contributed by atoms with Crippen molar-refractivity contribution in [1.29, 1.82) is 5.26 Å². The molecule has 134 valence electrons. The molecule has 0 bridgehead atoms. The van der Waals surface area contributed by atoms with Gasteiger partial charge in [-0.25, -0.2) is 0 Å². The predicted molar refractivity (Wildman–Crippen MR) is 93.8 cm³/mol. The summed E-state index contributed by atoms with van der Waals surface area (Å²) in [4.78, 5) is 14.4. The van der Waals surface area contributed by atoms with Crippen molar-refractivity contribution in [2.75, 3.05) is 46.5 Å². The van der Waals surface area contributed by atoms with Crippen LogP contribution in [0.2, 0.25) is 0 Å². The number of hydrogen-bond acceptors (Lipinski definition) is 6. The Morgan fingerprint density at radius 3 is 2.72 bits per heavy atom. The van der Waals surface area contributed by atoms with Crippen molar-refractivity contribution < 1.29 is 14.3 Å². The van der Waals surface area contributed by atoms with Crippen LogP contribution in [0.25, 0.3) is 0 Å². The van der Waals surface area contributed by atoms with Crippen molar-refractivity contribution in [3.05, 3.63) is 41.6 Å². The lowest BCUT2D eigenvalue weighted by Crippen LogP contribution is -2.39. The molecule has 1 aromatic carbocycles. The molecule has 1 aliphatic heterocycles. The van der Waals surface area contributed by atoms with Crippen LogP contribution in [-0.4, -0.2) is 57.3 Å². The van der Waals surface area contributed by atoms with E-state index in [9.17, 15) is 4.79 Å². The highest BCUT2D eigenvalue weighted by molar-refractivity contribution is 5.97. The first kappa shape index (κ1) is 18.8. The fourth-order valence-electron chi connectivity index (χ4n) is 2.39. The molecule has 1 saturated heterocycles. The Balaban J connectivity index is 1.73. The molecule has 25 heavy (non-hydrogen) atoms. The van der Waals surface area contributed by atoms with Crippen molar-refractivity contribution in [3.63, 3.8) is 0 Å². The quantitative estimate of drug-likeness (QED) is 0.409. The highest BCUT2D eigenvalue weighted by Gasteiger charge is 2.10. The van der Waals surface area contributed by atoms with Crippen molar-refractivity contribution in [1.82, 2.24) is 15.5 Å². The van der Waals surface area contributed by atoms with Crippen LogP contribution >= 0.6 is 0 Å². The molecular formula is C18H24N4O3. The number of carbonyl (C=O) groups is 1. The second-order valence-electron chi connectivity index (χ2n) is 5.61. The van der Waals surface area contributed by atoms with E-state index in [1.54, 1.807) is 7.11 Å². The van der Waals surface area contributed by atoms with Crippen LogP contribution in [0.5, 0.6) is 5.75 Å². The lowest BCUT2D eigenvalue weighted by Gasteiger charge is -2.26. The Morgan fingerprint density at radius 2 is 2.08 bits per heavy atom. The average Bonchev–Trinajstić information content (AvgIpc) is 2.67. The first-order valence-electron chi connectivity index (χ1n) is 8.28. The van der Waals surface area contributed by atoms with E-state index in [2.05, 4.69) is 15.5 Å². The van der Waals surface area contributed by atoms with Gasteiger partial charge in [0.05, 0.1) is 20.3 Å². The minimum atomic E-state index is -0.391. The molecule has 0 saturated carbocycles. The molecule has 1 aromatic rings. The summed E-state index contributed by atoms with van der Waals surface area (Å²) in [5, 5.41) is 14.9. The van der Waals surface area contributed by atoms with E-state index < -0.39 is 5.91 Å². The van der Waals surface area contributed by atoms with Crippen molar-refractivity contribution in [2.45, 2.75) is 6.54 Å². The molecule has 7 nitrogen and oxygen atoms in total. The maximum atomic E-state index is 12.1. The topological polar surface area (TPSA) is 86.6 Å². The molecular weight excluding hydrogens is 320 g/mol. The predicted octanol–water partition coefficient (Wildman–Crippen LogP) is 0.641. The van der Waals surface area contributed by atoms with Gasteiger partial charge in [0, 0.05) is 38.9 Å². The molecule has 2 N–H and O–H groups in total. The summed E-state index contributed by atoms with van der Waals surface area (Å²) in [5.41, 5.74) is 1.00. The first-order valence-corrected chi connectivity index (χ1v) is 8.28. The van der Waals surface area contributed by atoms with Gasteiger partial charge < -0.3 is 20.1 Å². The average molecular weight is 344 g/mol. The van der Waals surface area contributed by atoms with Crippen LogP contribution in [0.4, 0.5) is 0 Å². The van der Waals surface area contributed by atoms with Gasteiger partial charge in [0.1, 0.15) is 17.4 Å². The highest BCUT2D eigenvalue weighted by Crippen LogP contribution is 2.11. The zero-order valence-electron chi connectivity index (χ0n) is 14.5. The maximum Gasteiger partial charge on any atom is 0.263 e. The number of nitriles is 1. The number of morpholine rings is 1.